The predicted molar refractivity (Wildman–Crippen MR) is 73.0 cm³/mol. The molecule has 1 aliphatic carbocycles. The van der Waals surface area contributed by atoms with Crippen molar-refractivity contribution in [3.8, 4) is 5.75 Å². The van der Waals surface area contributed by atoms with Crippen LogP contribution in [0.4, 0.5) is 0 Å². The molecule has 2 rings (SSSR count). The highest BCUT2D eigenvalue weighted by molar-refractivity contribution is 5.76. The van der Waals surface area contributed by atoms with Crippen molar-refractivity contribution in [2.75, 3.05) is 13.2 Å². The zero-order valence-electron chi connectivity index (χ0n) is 11.3. The molecule has 0 saturated heterocycles. The Balaban J connectivity index is 1.62. The Morgan fingerprint density at radius 3 is 2.89 bits per heavy atom. The average molecular weight is 263 g/mol. The molecule has 0 spiro atoms. The van der Waals surface area contributed by atoms with E-state index in [2.05, 4.69) is 5.32 Å². The van der Waals surface area contributed by atoms with Crippen molar-refractivity contribution in [1.82, 2.24) is 5.32 Å². The third-order valence-corrected chi connectivity index (χ3v) is 3.35. The first kappa shape index (κ1) is 13.9. The van der Waals surface area contributed by atoms with Crippen molar-refractivity contribution in [2.45, 2.75) is 32.3 Å². The topological polar surface area (TPSA) is 58.6 Å². The van der Waals surface area contributed by atoms with Crippen LogP contribution in [0.3, 0.4) is 0 Å². The minimum Gasteiger partial charge on any atom is -0.493 e. The number of para-hydroxylation sites is 1. The molecule has 104 valence electrons. The Labute approximate surface area is 113 Å². The highest BCUT2D eigenvalue weighted by Gasteiger charge is 2.29. The number of rotatable bonds is 7. The lowest BCUT2D eigenvalue weighted by molar-refractivity contribution is -0.122. The molecule has 19 heavy (non-hydrogen) atoms. The van der Waals surface area contributed by atoms with Gasteiger partial charge >= 0.3 is 0 Å². The highest BCUT2D eigenvalue weighted by Crippen LogP contribution is 2.32. The summed E-state index contributed by atoms with van der Waals surface area (Å²) in [6.45, 7) is 2.69. The number of aliphatic hydroxyl groups excluding tert-OH is 1. The number of nitrogens with one attached hydrogen (secondary N) is 1. The monoisotopic (exact) mass is 263 g/mol. The smallest absolute Gasteiger partial charge is 0.223 e. The van der Waals surface area contributed by atoms with Crippen LogP contribution in [-0.4, -0.2) is 30.3 Å². The lowest BCUT2D eigenvalue weighted by Gasteiger charge is -2.11. The average Bonchev–Trinajstić information content (AvgIpc) is 3.22. The van der Waals surface area contributed by atoms with Crippen LogP contribution in [0.25, 0.3) is 0 Å². The van der Waals surface area contributed by atoms with Gasteiger partial charge in [0.15, 0.2) is 0 Å². The van der Waals surface area contributed by atoms with Crippen LogP contribution >= 0.6 is 0 Å². The Bertz CT molecular complexity index is 429. The van der Waals surface area contributed by atoms with E-state index in [1.807, 2.05) is 31.2 Å². The molecule has 0 aliphatic heterocycles. The van der Waals surface area contributed by atoms with Gasteiger partial charge in [0.1, 0.15) is 5.75 Å². The second kappa shape index (κ2) is 6.57. The summed E-state index contributed by atoms with van der Waals surface area (Å²) in [7, 11) is 0. The minimum atomic E-state index is -0.388. The Kier molecular flexibility index (Phi) is 4.80. The van der Waals surface area contributed by atoms with Crippen LogP contribution < -0.4 is 10.1 Å². The summed E-state index contributed by atoms with van der Waals surface area (Å²) in [5.41, 5.74) is 1.06. The predicted octanol–water partition coefficient (Wildman–Crippen LogP) is 1.65. The van der Waals surface area contributed by atoms with E-state index in [1.165, 1.54) is 0 Å². The number of carbonyl (C=O) groups excluding carboxylic acids is 1. The van der Waals surface area contributed by atoms with Gasteiger partial charge < -0.3 is 15.2 Å². The van der Waals surface area contributed by atoms with Crippen LogP contribution in [-0.2, 0) is 4.79 Å². The number of benzene rings is 1. The molecule has 1 saturated carbocycles. The zero-order valence-corrected chi connectivity index (χ0v) is 11.3. The van der Waals surface area contributed by atoms with Gasteiger partial charge in [-0.3, -0.25) is 4.79 Å². The summed E-state index contributed by atoms with van der Waals surface area (Å²) in [6, 6.07) is 7.73. The van der Waals surface area contributed by atoms with Gasteiger partial charge in [0, 0.05) is 6.54 Å². The molecular weight excluding hydrogens is 242 g/mol. The molecule has 2 N–H and O–H groups in total. The molecule has 0 heterocycles. The second-order valence-electron chi connectivity index (χ2n) is 5.07. The quantitative estimate of drug-likeness (QED) is 0.786. The van der Waals surface area contributed by atoms with Gasteiger partial charge in [0.25, 0.3) is 0 Å². The van der Waals surface area contributed by atoms with Crippen molar-refractivity contribution in [3.05, 3.63) is 29.8 Å². The molecule has 4 nitrogen and oxygen atoms in total. The molecule has 0 radical (unpaired) electrons. The van der Waals surface area contributed by atoms with Crippen LogP contribution in [0.2, 0.25) is 0 Å². The van der Waals surface area contributed by atoms with Crippen molar-refractivity contribution >= 4 is 5.91 Å². The lowest BCUT2D eigenvalue weighted by Crippen LogP contribution is -2.33. The fourth-order valence-corrected chi connectivity index (χ4v) is 1.93. The van der Waals surface area contributed by atoms with Crippen molar-refractivity contribution in [2.24, 2.45) is 5.92 Å². The Morgan fingerprint density at radius 2 is 2.21 bits per heavy atom. The third kappa shape index (κ3) is 4.56. The molecule has 0 bridgehead atoms. The van der Waals surface area contributed by atoms with Crippen molar-refractivity contribution < 1.29 is 14.6 Å². The minimum absolute atomic E-state index is 0.0757. The van der Waals surface area contributed by atoms with Crippen molar-refractivity contribution in [3.63, 3.8) is 0 Å². The molecule has 4 heteroatoms. The Hall–Kier alpha value is -1.55. The maximum absolute atomic E-state index is 11.6. The maximum Gasteiger partial charge on any atom is 0.223 e. The number of hydrogen-bond donors (Lipinski definition) is 2. The van der Waals surface area contributed by atoms with E-state index in [1.54, 1.807) is 0 Å². The first-order valence-electron chi connectivity index (χ1n) is 6.80. The van der Waals surface area contributed by atoms with Gasteiger partial charge in [0.2, 0.25) is 5.91 Å². The van der Waals surface area contributed by atoms with Crippen LogP contribution in [0.1, 0.15) is 24.8 Å². The van der Waals surface area contributed by atoms with Gasteiger partial charge in [-0.25, -0.2) is 0 Å². The van der Waals surface area contributed by atoms with E-state index >= 15 is 0 Å². The lowest BCUT2D eigenvalue weighted by atomic mass is 10.2. The van der Waals surface area contributed by atoms with Crippen LogP contribution in [0, 0.1) is 12.8 Å². The van der Waals surface area contributed by atoms with E-state index in [4.69, 9.17) is 4.74 Å². The number of aryl methyl sites for hydroxylation is 1. The van der Waals surface area contributed by atoms with Crippen LogP contribution in [0.15, 0.2) is 24.3 Å². The molecule has 1 aromatic carbocycles. The fraction of sp³-hybridized carbons (Fsp3) is 0.533. The molecule has 1 aromatic rings. The van der Waals surface area contributed by atoms with Crippen molar-refractivity contribution in [1.29, 1.82) is 0 Å². The molecule has 1 aliphatic rings. The molecule has 0 aromatic heterocycles. The maximum atomic E-state index is 11.6. The standard InChI is InChI=1S/C15H21NO3/c1-11-4-2-3-5-14(11)19-9-8-15(18)16-10-13(17)12-6-7-12/h2-5,12-13,17H,6-10H2,1H3,(H,16,18). The molecule has 1 unspecified atom stereocenters. The summed E-state index contributed by atoms with van der Waals surface area (Å²) in [5.74, 6) is 1.13. The summed E-state index contributed by atoms with van der Waals surface area (Å²) in [5, 5.41) is 12.4. The number of aliphatic hydroxyl groups is 1. The van der Waals surface area contributed by atoms with Gasteiger partial charge in [-0.2, -0.15) is 0 Å². The largest absolute Gasteiger partial charge is 0.493 e. The number of hydrogen-bond acceptors (Lipinski definition) is 3. The molecule has 1 fully saturated rings. The molecular formula is C15H21NO3. The highest BCUT2D eigenvalue weighted by atomic mass is 16.5. The van der Waals surface area contributed by atoms with E-state index in [0.717, 1.165) is 24.2 Å². The summed E-state index contributed by atoms with van der Waals surface area (Å²) in [4.78, 5) is 11.6. The van der Waals surface area contributed by atoms with Gasteiger partial charge in [0.05, 0.1) is 19.1 Å². The first-order chi connectivity index (χ1) is 9.16. The molecule has 1 atom stereocenters. The third-order valence-electron chi connectivity index (χ3n) is 3.35. The SMILES string of the molecule is Cc1ccccc1OCCC(=O)NCC(O)C1CC1. The fourth-order valence-electron chi connectivity index (χ4n) is 1.93. The first-order valence-corrected chi connectivity index (χ1v) is 6.80. The Morgan fingerprint density at radius 1 is 1.47 bits per heavy atom. The summed E-state index contributed by atoms with van der Waals surface area (Å²) < 4.78 is 5.55. The van der Waals surface area contributed by atoms with E-state index < -0.39 is 0 Å². The van der Waals surface area contributed by atoms with Gasteiger partial charge in [-0.05, 0) is 37.3 Å². The zero-order chi connectivity index (χ0) is 13.7. The van der Waals surface area contributed by atoms with Crippen LogP contribution in [0.5, 0.6) is 5.75 Å². The second-order valence-corrected chi connectivity index (χ2v) is 5.07. The van der Waals surface area contributed by atoms with Gasteiger partial charge in [-0.15, -0.1) is 0 Å². The number of amides is 1. The van der Waals surface area contributed by atoms with Gasteiger partial charge in [-0.1, -0.05) is 18.2 Å². The summed E-state index contributed by atoms with van der Waals surface area (Å²) >= 11 is 0. The summed E-state index contributed by atoms with van der Waals surface area (Å²) in [6.07, 6.45) is 2.08. The number of carbonyl (C=O) groups is 1. The normalized spacial score (nSPS) is 15.9. The number of ether oxygens (including phenoxy) is 1. The molecule has 1 amide bonds. The van der Waals surface area contributed by atoms with E-state index in [0.29, 0.717) is 25.5 Å². The van der Waals surface area contributed by atoms with E-state index in [-0.39, 0.29) is 12.0 Å². The van der Waals surface area contributed by atoms with E-state index in [9.17, 15) is 9.90 Å².